The van der Waals surface area contributed by atoms with Crippen molar-refractivity contribution in [1.29, 1.82) is 0 Å². The Morgan fingerprint density at radius 2 is 1.64 bits per heavy atom. The molecule has 0 aromatic rings. The Kier molecular flexibility index (Phi) is 12.4. The van der Waals surface area contributed by atoms with E-state index in [2.05, 4.69) is 13.0 Å². The van der Waals surface area contributed by atoms with Gasteiger partial charge in [0, 0.05) is 18.8 Å². The van der Waals surface area contributed by atoms with Crippen LogP contribution in [0, 0.1) is 0 Å². The maximum Gasteiger partial charge on any atom is 0.306 e. The molecule has 0 aromatic carbocycles. The van der Waals surface area contributed by atoms with Crippen LogP contribution in [0.5, 0.6) is 0 Å². The molecule has 0 saturated heterocycles. The molecular weight excluding hydrogens is 318 g/mol. The maximum atomic E-state index is 11.9. The SMILES string of the molecule is CCC/C=C/C=C/C=C/CCCC(=O)OC(CC(=O)[O-])C[N+](C)(C)C. The van der Waals surface area contributed by atoms with Gasteiger partial charge in [0.2, 0.25) is 0 Å². The molecule has 1 atom stereocenters. The molecule has 0 saturated carbocycles. The van der Waals surface area contributed by atoms with Crippen molar-refractivity contribution >= 4 is 11.9 Å². The van der Waals surface area contributed by atoms with Crippen LogP contribution in [0.25, 0.3) is 0 Å². The van der Waals surface area contributed by atoms with Crippen molar-refractivity contribution in [2.75, 3.05) is 27.7 Å². The van der Waals surface area contributed by atoms with E-state index in [0.717, 1.165) is 19.3 Å². The van der Waals surface area contributed by atoms with Crippen molar-refractivity contribution in [3.8, 4) is 0 Å². The Labute approximate surface area is 152 Å². The molecule has 1 unspecified atom stereocenters. The molecule has 0 fully saturated rings. The number of carbonyl (C=O) groups is 2. The topological polar surface area (TPSA) is 66.4 Å². The van der Waals surface area contributed by atoms with Gasteiger partial charge in [-0.3, -0.25) is 4.79 Å². The molecule has 5 heteroatoms. The van der Waals surface area contributed by atoms with Gasteiger partial charge in [-0.15, -0.1) is 0 Å². The number of hydrogen-bond acceptors (Lipinski definition) is 4. The molecular formula is C20H33NO4. The summed E-state index contributed by atoms with van der Waals surface area (Å²) in [4.78, 5) is 22.7. The fourth-order valence-corrected chi connectivity index (χ4v) is 2.19. The zero-order chi connectivity index (χ0) is 19.1. The van der Waals surface area contributed by atoms with E-state index in [9.17, 15) is 14.7 Å². The minimum absolute atomic E-state index is 0.266. The van der Waals surface area contributed by atoms with Crippen molar-refractivity contribution in [1.82, 2.24) is 0 Å². The Morgan fingerprint density at radius 1 is 1.04 bits per heavy atom. The van der Waals surface area contributed by atoms with Crippen LogP contribution in [0.2, 0.25) is 0 Å². The minimum atomic E-state index is -1.20. The second-order valence-corrected chi connectivity index (χ2v) is 7.08. The van der Waals surface area contributed by atoms with Crippen molar-refractivity contribution < 1.29 is 23.9 Å². The molecule has 0 aliphatic rings. The summed E-state index contributed by atoms with van der Waals surface area (Å²) >= 11 is 0. The van der Waals surface area contributed by atoms with Crippen LogP contribution in [0.3, 0.4) is 0 Å². The van der Waals surface area contributed by atoms with E-state index in [1.54, 1.807) is 0 Å². The molecule has 5 nitrogen and oxygen atoms in total. The number of allylic oxidation sites excluding steroid dienone is 6. The van der Waals surface area contributed by atoms with E-state index in [0.29, 0.717) is 17.4 Å². The van der Waals surface area contributed by atoms with Gasteiger partial charge in [0.25, 0.3) is 0 Å². The summed E-state index contributed by atoms with van der Waals surface area (Å²) in [7, 11) is 5.77. The summed E-state index contributed by atoms with van der Waals surface area (Å²) < 4.78 is 5.82. The van der Waals surface area contributed by atoms with Gasteiger partial charge in [-0.05, 0) is 19.3 Å². The van der Waals surface area contributed by atoms with Crippen LogP contribution < -0.4 is 5.11 Å². The first kappa shape index (κ1) is 23.1. The van der Waals surface area contributed by atoms with Gasteiger partial charge in [-0.2, -0.15) is 0 Å². The number of unbranched alkanes of at least 4 members (excludes halogenated alkanes) is 2. The van der Waals surface area contributed by atoms with Crippen molar-refractivity contribution in [2.45, 2.75) is 51.6 Å². The highest BCUT2D eigenvalue weighted by atomic mass is 16.5. The average molecular weight is 351 g/mol. The zero-order valence-electron chi connectivity index (χ0n) is 16.1. The van der Waals surface area contributed by atoms with Gasteiger partial charge in [0.05, 0.1) is 21.1 Å². The first-order valence-electron chi connectivity index (χ1n) is 8.92. The molecule has 0 aliphatic heterocycles. The highest BCUT2D eigenvalue weighted by molar-refractivity contribution is 5.70. The van der Waals surface area contributed by atoms with Crippen molar-refractivity contribution in [3.05, 3.63) is 36.5 Å². The molecule has 0 aromatic heterocycles. The largest absolute Gasteiger partial charge is 0.550 e. The normalized spacial score (nSPS) is 13.8. The van der Waals surface area contributed by atoms with Crippen molar-refractivity contribution in [2.24, 2.45) is 0 Å². The smallest absolute Gasteiger partial charge is 0.306 e. The molecule has 0 amide bonds. The lowest BCUT2D eigenvalue weighted by molar-refractivity contribution is -0.873. The Morgan fingerprint density at radius 3 is 2.16 bits per heavy atom. The third kappa shape index (κ3) is 16.8. The van der Waals surface area contributed by atoms with E-state index in [4.69, 9.17) is 4.74 Å². The highest BCUT2D eigenvalue weighted by Crippen LogP contribution is 2.08. The van der Waals surface area contributed by atoms with Gasteiger partial charge in [-0.1, -0.05) is 49.8 Å². The van der Waals surface area contributed by atoms with Crippen LogP contribution in [0.15, 0.2) is 36.5 Å². The van der Waals surface area contributed by atoms with E-state index in [1.807, 2.05) is 51.5 Å². The summed E-state index contributed by atoms with van der Waals surface area (Å²) in [5.74, 6) is -1.56. The van der Waals surface area contributed by atoms with E-state index < -0.39 is 12.1 Å². The number of aliphatic carboxylic acids is 1. The Bertz CT molecular complexity index is 473. The minimum Gasteiger partial charge on any atom is -0.550 e. The second-order valence-electron chi connectivity index (χ2n) is 7.08. The molecule has 0 aliphatic carbocycles. The molecule has 0 N–H and O–H groups in total. The summed E-state index contributed by atoms with van der Waals surface area (Å²) in [6.07, 6.45) is 15.1. The van der Waals surface area contributed by atoms with E-state index >= 15 is 0 Å². The maximum absolute atomic E-state index is 11.9. The van der Waals surface area contributed by atoms with Crippen LogP contribution in [0.1, 0.15) is 45.4 Å². The lowest BCUT2D eigenvalue weighted by Gasteiger charge is -2.29. The Balaban J connectivity index is 4.08. The summed E-state index contributed by atoms with van der Waals surface area (Å²) in [5, 5.41) is 10.8. The number of hydrogen-bond donors (Lipinski definition) is 0. The highest BCUT2D eigenvalue weighted by Gasteiger charge is 2.22. The van der Waals surface area contributed by atoms with Gasteiger partial charge in [-0.25, -0.2) is 0 Å². The molecule has 0 spiro atoms. The number of likely N-dealkylation sites (N-methyl/N-ethyl adjacent to an activating group) is 1. The third-order valence-corrected chi connectivity index (χ3v) is 3.26. The van der Waals surface area contributed by atoms with Crippen molar-refractivity contribution in [3.63, 3.8) is 0 Å². The van der Waals surface area contributed by atoms with Crippen LogP contribution in [0.4, 0.5) is 0 Å². The predicted molar refractivity (Wildman–Crippen MR) is 98.6 cm³/mol. The molecule has 0 radical (unpaired) electrons. The number of quaternary nitrogens is 1. The lowest BCUT2D eigenvalue weighted by atomic mass is 10.2. The van der Waals surface area contributed by atoms with Gasteiger partial charge in [0.15, 0.2) is 6.10 Å². The molecule has 0 rings (SSSR count). The number of ether oxygens (including phenoxy) is 1. The fraction of sp³-hybridized carbons (Fsp3) is 0.600. The van der Waals surface area contributed by atoms with E-state index in [-0.39, 0.29) is 18.8 Å². The predicted octanol–water partition coefficient (Wildman–Crippen LogP) is 2.38. The van der Waals surface area contributed by atoms with Gasteiger partial charge >= 0.3 is 5.97 Å². The number of carboxylic acid groups (broad SMARTS) is 1. The molecule has 0 bridgehead atoms. The molecule has 0 heterocycles. The lowest BCUT2D eigenvalue weighted by Crippen LogP contribution is -2.45. The van der Waals surface area contributed by atoms with E-state index in [1.165, 1.54) is 0 Å². The number of rotatable bonds is 13. The van der Waals surface area contributed by atoms with Crippen LogP contribution in [-0.4, -0.2) is 50.2 Å². The number of nitrogens with zero attached hydrogens (tertiary/aromatic N) is 1. The molecule has 142 valence electrons. The Hall–Kier alpha value is -1.88. The first-order chi connectivity index (χ1) is 11.7. The standard InChI is InChI=1S/C20H33NO4/c1-5-6-7-8-9-10-11-12-13-14-15-20(24)25-18(16-19(22)23)17-21(2,3)4/h7-12,18H,5-6,13-17H2,1-4H3/b8-7+,10-9+,12-11+. The van der Waals surface area contributed by atoms with Crippen LogP contribution in [-0.2, 0) is 14.3 Å². The zero-order valence-corrected chi connectivity index (χ0v) is 16.1. The number of esters is 1. The van der Waals surface area contributed by atoms with Crippen LogP contribution >= 0.6 is 0 Å². The second kappa shape index (κ2) is 13.4. The number of carbonyl (C=O) groups excluding carboxylic acids is 2. The monoisotopic (exact) mass is 351 g/mol. The van der Waals surface area contributed by atoms with Gasteiger partial charge < -0.3 is 19.1 Å². The van der Waals surface area contributed by atoms with Gasteiger partial charge in [0.1, 0.15) is 6.54 Å². The summed E-state index contributed by atoms with van der Waals surface area (Å²) in [6, 6.07) is 0. The summed E-state index contributed by atoms with van der Waals surface area (Å²) in [5.41, 5.74) is 0. The quantitative estimate of drug-likeness (QED) is 0.221. The first-order valence-corrected chi connectivity index (χ1v) is 8.92. The fourth-order valence-electron chi connectivity index (χ4n) is 2.19. The molecule has 25 heavy (non-hydrogen) atoms. The number of carboxylic acids is 1. The third-order valence-electron chi connectivity index (χ3n) is 3.26. The average Bonchev–Trinajstić information content (AvgIpc) is 2.46. The summed E-state index contributed by atoms with van der Waals surface area (Å²) in [6.45, 7) is 2.58.